The molecule has 3 aromatic rings. The van der Waals surface area contributed by atoms with Crippen molar-refractivity contribution in [1.29, 1.82) is 5.26 Å². The number of carbonyl (C=O) groups excluding carboxylic acids is 1. The van der Waals surface area contributed by atoms with E-state index in [1.165, 1.54) is 23.5 Å². The summed E-state index contributed by atoms with van der Waals surface area (Å²) in [6.45, 7) is 0. The lowest BCUT2D eigenvalue weighted by molar-refractivity contribution is -0.142. The number of nitrogens with one attached hydrogen (secondary N) is 1. The Morgan fingerprint density at radius 2 is 1.78 bits per heavy atom. The first-order chi connectivity index (χ1) is 19.4. The third-order valence-corrected chi connectivity index (χ3v) is 8.29. The van der Waals surface area contributed by atoms with Gasteiger partial charge in [0.1, 0.15) is 5.60 Å². The van der Waals surface area contributed by atoms with Gasteiger partial charge >= 0.3 is 6.18 Å². The summed E-state index contributed by atoms with van der Waals surface area (Å²) < 4.78 is 62.9. The van der Waals surface area contributed by atoms with Crippen molar-refractivity contribution in [3.05, 3.63) is 83.4 Å². The fraction of sp³-hybridized carbons (Fsp3) is 0.333. The maximum atomic E-state index is 13.7. The van der Waals surface area contributed by atoms with Crippen LogP contribution in [0.2, 0.25) is 0 Å². The molecule has 1 saturated carbocycles. The van der Waals surface area contributed by atoms with Crippen LogP contribution in [0.3, 0.4) is 0 Å². The smallest absolute Gasteiger partial charge is 0.379 e. The number of alkyl halides is 3. The second-order valence-electron chi connectivity index (χ2n) is 10.2. The number of hydrogen-bond donors (Lipinski definition) is 3. The highest BCUT2D eigenvalue weighted by molar-refractivity contribution is 7.80. The summed E-state index contributed by atoms with van der Waals surface area (Å²) in [6, 6.07) is 18.6. The first-order valence-corrected chi connectivity index (χ1v) is 14.2. The minimum Gasteiger partial charge on any atom is -0.379 e. The monoisotopic (exact) mass is 585 g/mol. The Bertz CT molecular complexity index is 1480. The summed E-state index contributed by atoms with van der Waals surface area (Å²) in [5.41, 5.74) is -1.32. The van der Waals surface area contributed by atoms with Crippen LogP contribution in [-0.4, -0.2) is 32.4 Å². The highest BCUT2D eigenvalue weighted by atomic mass is 32.2. The molecule has 4 rings (SSSR count). The van der Waals surface area contributed by atoms with E-state index >= 15 is 0 Å². The van der Waals surface area contributed by atoms with Gasteiger partial charge in [-0.1, -0.05) is 55.7 Å². The Hall–Kier alpha value is -3.72. The van der Waals surface area contributed by atoms with Crippen LogP contribution in [-0.2, 0) is 28.7 Å². The van der Waals surface area contributed by atoms with E-state index in [4.69, 9.17) is 5.26 Å². The van der Waals surface area contributed by atoms with Crippen LogP contribution < -0.4 is 9.62 Å². The van der Waals surface area contributed by atoms with Crippen molar-refractivity contribution in [1.82, 2.24) is 0 Å². The highest BCUT2D eigenvalue weighted by Crippen LogP contribution is 2.39. The minimum absolute atomic E-state index is 0.103. The normalized spacial score (nSPS) is 16.3. The summed E-state index contributed by atoms with van der Waals surface area (Å²) in [5.74, 6) is -1.25. The summed E-state index contributed by atoms with van der Waals surface area (Å²) in [6.07, 6.45) is -1.16. The molecule has 0 radical (unpaired) electrons. The van der Waals surface area contributed by atoms with Gasteiger partial charge in [0.15, 0.2) is 0 Å². The van der Waals surface area contributed by atoms with E-state index in [9.17, 15) is 31.8 Å². The third-order valence-electron chi connectivity index (χ3n) is 7.61. The Kier molecular flexibility index (Phi) is 9.17. The van der Waals surface area contributed by atoms with E-state index in [0.29, 0.717) is 41.3 Å². The maximum absolute atomic E-state index is 13.7. The lowest BCUT2D eigenvalue weighted by Gasteiger charge is -2.38. The lowest BCUT2D eigenvalue weighted by Crippen LogP contribution is -2.51. The van der Waals surface area contributed by atoms with Crippen molar-refractivity contribution >= 4 is 28.5 Å². The van der Waals surface area contributed by atoms with Gasteiger partial charge < -0.3 is 10.4 Å². The molecular weight excluding hydrogens is 555 g/mol. The van der Waals surface area contributed by atoms with Gasteiger partial charge in [-0.15, -0.1) is 0 Å². The number of nitrogens with zero attached hydrogens (tertiary/aromatic N) is 2. The number of anilines is 2. The summed E-state index contributed by atoms with van der Waals surface area (Å²) in [5, 5.41) is 23.7. The van der Waals surface area contributed by atoms with E-state index < -0.39 is 46.0 Å². The molecule has 2 atom stereocenters. The molecule has 1 amide bonds. The molecule has 0 aliphatic heterocycles. The number of hydrogen-bond acceptors (Lipinski definition) is 4. The van der Waals surface area contributed by atoms with Gasteiger partial charge in [-0.2, -0.15) is 18.4 Å². The Morgan fingerprint density at radius 1 is 1.07 bits per heavy atom. The average Bonchev–Trinajstić information content (AvgIpc) is 2.97. The van der Waals surface area contributed by atoms with Crippen LogP contribution in [0.15, 0.2) is 66.7 Å². The molecule has 0 saturated heterocycles. The molecule has 216 valence electrons. The maximum Gasteiger partial charge on any atom is 0.417 e. The molecule has 0 heterocycles. The SMILES string of the molecule is CN(c1cccc(-c2ccccc2CC(O)(C(=O)Nc2ccc(C#N)c(C(F)(F)F)c2)C2CCCCC2)c1)S(=O)O. The number of aliphatic hydroxyl groups is 1. The van der Waals surface area contributed by atoms with Gasteiger partial charge in [-0.25, -0.2) is 4.21 Å². The number of benzene rings is 3. The van der Waals surface area contributed by atoms with Crippen LogP contribution in [0.25, 0.3) is 11.1 Å². The van der Waals surface area contributed by atoms with Crippen LogP contribution in [0.5, 0.6) is 0 Å². The molecule has 0 aromatic heterocycles. The molecule has 3 aromatic carbocycles. The van der Waals surface area contributed by atoms with Crippen molar-refractivity contribution in [2.75, 3.05) is 16.7 Å². The average molecular weight is 586 g/mol. The minimum atomic E-state index is -4.80. The van der Waals surface area contributed by atoms with Crippen molar-refractivity contribution < 1.29 is 31.8 Å². The molecule has 11 heteroatoms. The zero-order valence-corrected chi connectivity index (χ0v) is 23.1. The summed E-state index contributed by atoms with van der Waals surface area (Å²) in [7, 11) is 1.47. The quantitative estimate of drug-likeness (QED) is 0.268. The number of nitriles is 1. The molecule has 7 nitrogen and oxygen atoms in total. The highest BCUT2D eigenvalue weighted by Gasteiger charge is 2.45. The number of amides is 1. The van der Waals surface area contributed by atoms with E-state index in [1.807, 2.05) is 12.1 Å². The van der Waals surface area contributed by atoms with E-state index in [2.05, 4.69) is 5.32 Å². The van der Waals surface area contributed by atoms with E-state index in [1.54, 1.807) is 36.4 Å². The fourth-order valence-corrected chi connectivity index (χ4v) is 5.68. The zero-order valence-electron chi connectivity index (χ0n) is 22.3. The molecule has 0 spiro atoms. The summed E-state index contributed by atoms with van der Waals surface area (Å²) >= 11 is -2.23. The zero-order chi connectivity index (χ0) is 29.8. The van der Waals surface area contributed by atoms with Gasteiger partial charge in [-0.05, 0) is 65.8 Å². The first kappa shape index (κ1) is 30.2. The molecule has 1 aliphatic carbocycles. The van der Waals surface area contributed by atoms with Crippen LogP contribution >= 0.6 is 0 Å². The lowest BCUT2D eigenvalue weighted by atomic mass is 9.72. The predicted molar refractivity (Wildman–Crippen MR) is 151 cm³/mol. The van der Waals surface area contributed by atoms with Crippen molar-refractivity contribution in [2.24, 2.45) is 5.92 Å². The largest absolute Gasteiger partial charge is 0.417 e. The number of halogens is 3. The van der Waals surface area contributed by atoms with Crippen molar-refractivity contribution in [2.45, 2.75) is 50.3 Å². The van der Waals surface area contributed by atoms with Gasteiger partial charge in [-0.3, -0.25) is 13.7 Å². The molecule has 41 heavy (non-hydrogen) atoms. The second kappa shape index (κ2) is 12.4. The van der Waals surface area contributed by atoms with Gasteiger partial charge in [0.05, 0.1) is 22.9 Å². The molecule has 0 bridgehead atoms. The second-order valence-corrected chi connectivity index (χ2v) is 11.2. The standard InChI is InChI=1S/C30H30F3N3O4S/c1-36(41(39)40)25-12-7-9-20(16-25)26-13-6-5-8-21(26)18-29(38,23-10-3-2-4-11-23)28(37)35-24-15-14-22(19-34)27(17-24)30(31,32)33/h5-9,12-17,23,38H,2-4,10-11,18H2,1H3,(H,35,37)(H,39,40). The first-order valence-electron chi connectivity index (χ1n) is 13.1. The van der Waals surface area contributed by atoms with Gasteiger partial charge in [0.2, 0.25) is 0 Å². The Balaban J connectivity index is 1.72. The van der Waals surface area contributed by atoms with Gasteiger partial charge in [0, 0.05) is 19.2 Å². The van der Waals surface area contributed by atoms with Crippen molar-refractivity contribution in [3.8, 4) is 17.2 Å². The Morgan fingerprint density at radius 3 is 2.44 bits per heavy atom. The molecule has 3 N–H and O–H groups in total. The van der Waals surface area contributed by atoms with E-state index in [-0.39, 0.29) is 12.1 Å². The molecule has 1 aliphatic rings. The van der Waals surface area contributed by atoms with Gasteiger partial charge in [0.25, 0.3) is 17.2 Å². The summed E-state index contributed by atoms with van der Waals surface area (Å²) in [4.78, 5) is 13.7. The van der Waals surface area contributed by atoms with E-state index in [0.717, 1.165) is 25.3 Å². The van der Waals surface area contributed by atoms with Crippen LogP contribution in [0.4, 0.5) is 24.5 Å². The predicted octanol–water partition coefficient (Wildman–Crippen LogP) is 6.31. The fourth-order valence-electron chi connectivity index (χ4n) is 5.39. The topological polar surface area (TPSA) is 114 Å². The Labute approximate surface area is 239 Å². The number of rotatable bonds is 8. The van der Waals surface area contributed by atoms with Crippen LogP contribution in [0, 0.1) is 17.2 Å². The molecule has 2 unspecified atom stereocenters. The molecular formula is C30H30F3N3O4S. The molecule has 1 fully saturated rings. The van der Waals surface area contributed by atoms with Crippen molar-refractivity contribution in [3.63, 3.8) is 0 Å². The third kappa shape index (κ3) is 6.78. The number of carbonyl (C=O) groups is 1. The van der Waals surface area contributed by atoms with Crippen LogP contribution in [0.1, 0.15) is 48.8 Å².